The fraction of sp³-hybridized carbons (Fsp3) is 0.667. The van der Waals surface area contributed by atoms with Crippen molar-refractivity contribution in [2.24, 2.45) is 0 Å². The van der Waals surface area contributed by atoms with E-state index in [9.17, 15) is 0 Å². The second kappa shape index (κ2) is 7.08. The molecule has 0 spiro atoms. The predicted octanol–water partition coefficient (Wildman–Crippen LogP) is 0.580. The van der Waals surface area contributed by atoms with Gasteiger partial charge in [-0.25, -0.2) is 4.98 Å². The number of H-pyrrole nitrogens is 1. The molecule has 2 aromatic rings. The molecule has 1 saturated heterocycles. The van der Waals surface area contributed by atoms with Gasteiger partial charge in [0, 0.05) is 26.4 Å². The third-order valence-electron chi connectivity index (χ3n) is 4.29. The molecule has 1 fully saturated rings. The Bertz CT molecular complexity index is 673. The summed E-state index contributed by atoms with van der Waals surface area (Å²) < 4.78 is 0. The highest BCUT2D eigenvalue weighted by atomic mass is 15.3. The van der Waals surface area contributed by atoms with Crippen molar-refractivity contribution in [2.75, 3.05) is 37.8 Å². The molecule has 1 aliphatic heterocycles. The lowest BCUT2D eigenvalue weighted by Gasteiger charge is -2.30. The molecule has 24 heavy (non-hydrogen) atoms. The average molecular weight is 331 g/mol. The van der Waals surface area contributed by atoms with Crippen molar-refractivity contribution in [1.82, 2.24) is 35.0 Å². The molecule has 1 aliphatic rings. The minimum Gasteiger partial charge on any atom is -0.368 e. The summed E-state index contributed by atoms with van der Waals surface area (Å²) in [6, 6.07) is 0. The van der Waals surface area contributed by atoms with Crippen molar-refractivity contribution in [2.45, 2.75) is 38.6 Å². The van der Waals surface area contributed by atoms with Crippen LogP contribution in [0, 0.1) is 0 Å². The molecule has 9 heteroatoms. The molecule has 0 atom stereocenters. The van der Waals surface area contributed by atoms with E-state index in [4.69, 9.17) is 5.73 Å². The van der Waals surface area contributed by atoms with Crippen LogP contribution < -0.4 is 10.6 Å². The minimum atomic E-state index is 0.270. The normalized spacial score (nSPS) is 16.5. The van der Waals surface area contributed by atoms with Crippen LogP contribution in [-0.4, -0.2) is 62.2 Å². The Hall–Kier alpha value is -2.29. The Labute approximate surface area is 141 Å². The van der Waals surface area contributed by atoms with Gasteiger partial charge in [-0.2, -0.15) is 20.1 Å². The molecule has 0 aromatic carbocycles. The highest BCUT2D eigenvalue weighted by molar-refractivity contribution is 5.32. The van der Waals surface area contributed by atoms with E-state index >= 15 is 0 Å². The number of nitrogens with one attached hydrogen (secondary N) is 1. The van der Waals surface area contributed by atoms with Crippen LogP contribution in [0.3, 0.4) is 0 Å². The number of aryl methyl sites for hydroxylation is 1. The smallest absolute Gasteiger partial charge is 0.229 e. The van der Waals surface area contributed by atoms with Crippen LogP contribution in [0.4, 0.5) is 11.9 Å². The monoisotopic (exact) mass is 331 g/mol. The highest BCUT2D eigenvalue weighted by Crippen LogP contribution is 2.26. The van der Waals surface area contributed by atoms with E-state index in [-0.39, 0.29) is 5.95 Å². The number of hydrogen-bond acceptors (Lipinski definition) is 8. The third-order valence-corrected chi connectivity index (χ3v) is 4.29. The highest BCUT2D eigenvalue weighted by Gasteiger charge is 2.24. The summed E-state index contributed by atoms with van der Waals surface area (Å²) in [5.74, 6) is 3.93. The predicted molar refractivity (Wildman–Crippen MR) is 91.6 cm³/mol. The Kier molecular flexibility index (Phi) is 4.89. The molecule has 0 aliphatic carbocycles. The van der Waals surface area contributed by atoms with Gasteiger partial charge in [0.05, 0.1) is 6.54 Å². The number of aromatic amines is 1. The number of anilines is 2. The van der Waals surface area contributed by atoms with E-state index in [2.05, 4.69) is 42.0 Å². The summed E-state index contributed by atoms with van der Waals surface area (Å²) in [6.45, 7) is 4.72. The molecular formula is C15H25N9. The Balaban J connectivity index is 1.59. The van der Waals surface area contributed by atoms with Gasteiger partial charge in [0.25, 0.3) is 0 Å². The summed E-state index contributed by atoms with van der Waals surface area (Å²) in [5, 5.41) is 7.36. The van der Waals surface area contributed by atoms with E-state index in [1.54, 1.807) is 0 Å². The lowest BCUT2D eigenvalue weighted by Crippen LogP contribution is -2.33. The maximum Gasteiger partial charge on any atom is 0.229 e. The van der Waals surface area contributed by atoms with Gasteiger partial charge < -0.3 is 10.6 Å². The third kappa shape index (κ3) is 3.78. The van der Waals surface area contributed by atoms with E-state index in [0.29, 0.717) is 18.4 Å². The van der Waals surface area contributed by atoms with Crippen LogP contribution in [0.5, 0.6) is 0 Å². The van der Waals surface area contributed by atoms with Crippen LogP contribution >= 0.6 is 0 Å². The fourth-order valence-corrected chi connectivity index (χ4v) is 2.90. The number of rotatable bonds is 5. The molecule has 0 radical (unpaired) electrons. The van der Waals surface area contributed by atoms with Crippen molar-refractivity contribution in [1.29, 1.82) is 0 Å². The Morgan fingerprint density at radius 2 is 1.92 bits per heavy atom. The first-order valence-electron chi connectivity index (χ1n) is 8.36. The van der Waals surface area contributed by atoms with Crippen molar-refractivity contribution >= 4 is 11.9 Å². The zero-order valence-corrected chi connectivity index (χ0v) is 14.5. The maximum atomic E-state index is 5.79. The van der Waals surface area contributed by atoms with Crippen LogP contribution in [0.2, 0.25) is 0 Å². The lowest BCUT2D eigenvalue weighted by atomic mass is 9.96. The van der Waals surface area contributed by atoms with Crippen molar-refractivity contribution < 1.29 is 0 Å². The molecule has 0 saturated carbocycles. The summed E-state index contributed by atoms with van der Waals surface area (Å²) in [6.07, 6.45) is 2.98. The van der Waals surface area contributed by atoms with Crippen molar-refractivity contribution in [3.63, 3.8) is 0 Å². The molecule has 9 nitrogen and oxygen atoms in total. The van der Waals surface area contributed by atoms with Gasteiger partial charge in [-0.1, -0.05) is 6.92 Å². The molecule has 2 aromatic heterocycles. The van der Waals surface area contributed by atoms with Gasteiger partial charge in [-0.3, -0.25) is 10.00 Å². The molecule has 130 valence electrons. The van der Waals surface area contributed by atoms with Crippen LogP contribution in [0.25, 0.3) is 0 Å². The first-order valence-corrected chi connectivity index (χ1v) is 8.36. The molecular weight excluding hydrogens is 306 g/mol. The van der Waals surface area contributed by atoms with Gasteiger partial charge in [0.15, 0.2) is 5.82 Å². The van der Waals surface area contributed by atoms with Crippen molar-refractivity contribution in [3.8, 4) is 0 Å². The second-order valence-electron chi connectivity index (χ2n) is 6.35. The van der Waals surface area contributed by atoms with E-state index < -0.39 is 0 Å². The molecule has 0 bridgehead atoms. The van der Waals surface area contributed by atoms with Crippen LogP contribution in [0.15, 0.2) is 0 Å². The number of nitrogen functional groups attached to an aromatic ring is 1. The van der Waals surface area contributed by atoms with Gasteiger partial charge >= 0.3 is 0 Å². The largest absolute Gasteiger partial charge is 0.368 e. The summed E-state index contributed by atoms with van der Waals surface area (Å²) >= 11 is 0. The molecule has 0 unspecified atom stereocenters. The number of nitrogens with zero attached hydrogens (tertiary/aromatic N) is 7. The van der Waals surface area contributed by atoms with Gasteiger partial charge in [-0.05, 0) is 25.9 Å². The quantitative estimate of drug-likeness (QED) is 0.818. The van der Waals surface area contributed by atoms with Crippen molar-refractivity contribution in [3.05, 3.63) is 17.5 Å². The number of hydrogen-bond donors (Lipinski definition) is 2. The zero-order chi connectivity index (χ0) is 17.1. The Morgan fingerprint density at radius 1 is 1.17 bits per heavy atom. The van der Waals surface area contributed by atoms with E-state index in [1.807, 2.05) is 19.0 Å². The average Bonchev–Trinajstić information content (AvgIpc) is 3.04. The zero-order valence-electron chi connectivity index (χ0n) is 14.5. The molecule has 3 heterocycles. The maximum absolute atomic E-state index is 5.79. The number of aromatic nitrogens is 6. The van der Waals surface area contributed by atoms with Gasteiger partial charge in [-0.15, -0.1) is 0 Å². The minimum absolute atomic E-state index is 0.270. The topological polar surface area (TPSA) is 113 Å². The van der Waals surface area contributed by atoms with E-state index in [1.165, 1.54) is 0 Å². The fourth-order valence-electron chi connectivity index (χ4n) is 2.90. The van der Waals surface area contributed by atoms with Crippen LogP contribution in [0.1, 0.15) is 43.2 Å². The first kappa shape index (κ1) is 16.6. The lowest BCUT2D eigenvalue weighted by molar-refractivity contribution is 0.197. The SMILES string of the molecule is CCc1nc(C2CCN(Cc3nc(N)nc(N(C)C)n3)CC2)n[nH]1. The second-order valence-corrected chi connectivity index (χ2v) is 6.35. The molecule has 0 amide bonds. The standard InChI is InChI=1S/C15H25N9/c1-4-11-17-13(22-21-11)10-5-7-24(8-6-10)9-12-18-14(16)20-15(19-12)23(2)3/h10H,4-9H2,1-3H3,(H,17,21,22)(H2,16,18,19,20). The molecule has 3 rings (SSSR count). The van der Waals surface area contributed by atoms with E-state index in [0.717, 1.165) is 49.8 Å². The Morgan fingerprint density at radius 3 is 2.54 bits per heavy atom. The number of likely N-dealkylation sites (tertiary alicyclic amines) is 1. The van der Waals surface area contributed by atoms with Gasteiger partial charge in [0.1, 0.15) is 11.6 Å². The summed E-state index contributed by atoms with van der Waals surface area (Å²) in [7, 11) is 3.79. The first-order chi connectivity index (χ1) is 11.5. The molecule has 3 N–H and O–H groups in total. The van der Waals surface area contributed by atoms with Gasteiger partial charge in [0.2, 0.25) is 11.9 Å². The summed E-state index contributed by atoms with van der Waals surface area (Å²) in [4.78, 5) is 21.6. The number of piperidine rings is 1. The van der Waals surface area contributed by atoms with Crippen LogP contribution in [-0.2, 0) is 13.0 Å². The number of nitrogens with two attached hydrogens (primary N) is 1. The summed E-state index contributed by atoms with van der Waals surface area (Å²) in [5.41, 5.74) is 5.79.